The summed E-state index contributed by atoms with van der Waals surface area (Å²) in [6.07, 6.45) is 5.63. The van der Waals surface area contributed by atoms with Crippen LogP contribution in [0.3, 0.4) is 0 Å². The van der Waals surface area contributed by atoms with E-state index in [2.05, 4.69) is 10.5 Å². The summed E-state index contributed by atoms with van der Waals surface area (Å²) in [6.45, 7) is 0. The Hall–Kier alpha value is -2.37. The molecule has 0 radical (unpaired) electrons. The highest BCUT2D eigenvalue weighted by molar-refractivity contribution is 5.98. The summed E-state index contributed by atoms with van der Waals surface area (Å²) < 4.78 is 0. The molecule has 1 saturated carbocycles. The number of nitrogens with zero attached hydrogens (tertiary/aromatic N) is 1. The molecule has 2 aliphatic rings. The lowest BCUT2D eigenvalue weighted by Crippen LogP contribution is -2.52. The van der Waals surface area contributed by atoms with Crippen molar-refractivity contribution in [2.45, 2.75) is 63.0 Å². The number of oxime groups is 1. The number of nitrogens with one attached hydrogen (secondary N) is 1. The van der Waals surface area contributed by atoms with Gasteiger partial charge >= 0.3 is 5.97 Å². The maximum absolute atomic E-state index is 12.8. The molecule has 6 heteroatoms. The van der Waals surface area contributed by atoms with Crippen LogP contribution < -0.4 is 5.32 Å². The molecule has 1 aliphatic heterocycles. The van der Waals surface area contributed by atoms with Gasteiger partial charge in [-0.05, 0) is 18.4 Å². The average molecular weight is 344 g/mol. The number of benzene rings is 1. The number of carboxylic acid groups (broad SMARTS) is 1. The lowest BCUT2D eigenvalue weighted by molar-refractivity contribution is -0.156. The zero-order valence-corrected chi connectivity index (χ0v) is 14.2. The van der Waals surface area contributed by atoms with Crippen LogP contribution in [0.1, 0.15) is 50.5 Å². The van der Waals surface area contributed by atoms with E-state index in [-0.39, 0.29) is 24.8 Å². The number of aliphatic carboxylic acids is 1. The molecule has 1 unspecified atom stereocenters. The summed E-state index contributed by atoms with van der Waals surface area (Å²) in [5.41, 5.74) is 0.336. The van der Waals surface area contributed by atoms with E-state index in [1.165, 1.54) is 6.42 Å². The third-order valence-corrected chi connectivity index (χ3v) is 4.88. The highest BCUT2D eigenvalue weighted by atomic mass is 16.7. The SMILES string of the molecule is O=C(O)CC1(C(=O)NC2CCCCC2)CC(Cc2ccccc2)=NO1. The molecule has 1 atom stereocenters. The summed E-state index contributed by atoms with van der Waals surface area (Å²) in [6, 6.07) is 9.86. The topological polar surface area (TPSA) is 88.0 Å². The Bertz CT molecular complexity index is 653. The Balaban J connectivity index is 1.67. The Labute approximate surface area is 147 Å². The van der Waals surface area contributed by atoms with Crippen LogP contribution in [-0.2, 0) is 20.8 Å². The minimum absolute atomic E-state index is 0.105. The number of carbonyl (C=O) groups is 2. The van der Waals surface area contributed by atoms with Crippen molar-refractivity contribution < 1.29 is 19.5 Å². The fraction of sp³-hybridized carbons (Fsp3) is 0.526. The van der Waals surface area contributed by atoms with Crippen LogP contribution in [0.15, 0.2) is 35.5 Å². The van der Waals surface area contributed by atoms with E-state index in [1.54, 1.807) is 0 Å². The van der Waals surface area contributed by atoms with Gasteiger partial charge in [0, 0.05) is 18.9 Å². The second-order valence-electron chi connectivity index (χ2n) is 6.96. The minimum atomic E-state index is -1.42. The van der Waals surface area contributed by atoms with Crippen molar-refractivity contribution in [3.8, 4) is 0 Å². The smallest absolute Gasteiger partial charge is 0.308 e. The molecule has 25 heavy (non-hydrogen) atoms. The Morgan fingerprint density at radius 2 is 1.92 bits per heavy atom. The number of hydrogen-bond acceptors (Lipinski definition) is 4. The summed E-state index contributed by atoms with van der Waals surface area (Å²) in [7, 11) is 0. The van der Waals surface area contributed by atoms with E-state index < -0.39 is 11.6 Å². The largest absolute Gasteiger partial charge is 0.481 e. The molecule has 1 aromatic carbocycles. The zero-order chi connectivity index (χ0) is 17.7. The Morgan fingerprint density at radius 1 is 1.20 bits per heavy atom. The van der Waals surface area contributed by atoms with Gasteiger partial charge in [0.25, 0.3) is 5.91 Å². The third-order valence-electron chi connectivity index (χ3n) is 4.88. The number of carboxylic acids is 1. The van der Waals surface area contributed by atoms with Gasteiger partial charge in [-0.15, -0.1) is 0 Å². The monoisotopic (exact) mass is 344 g/mol. The van der Waals surface area contributed by atoms with Gasteiger partial charge in [-0.1, -0.05) is 54.8 Å². The molecule has 1 heterocycles. The number of rotatable bonds is 6. The van der Waals surface area contributed by atoms with E-state index in [4.69, 9.17) is 4.84 Å². The lowest BCUT2D eigenvalue weighted by Gasteiger charge is -2.29. The molecule has 0 saturated heterocycles. The molecule has 1 fully saturated rings. The van der Waals surface area contributed by atoms with Crippen molar-refractivity contribution in [2.24, 2.45) is 5.16 Å². The van der Waals surface area contributed by atoms with Crippen LogP contribution in [0.4, 0.5) is 0 Å². The molecular formula is C19H24N2O4. The average Bonchev–Trinajstić information content (AvgIpc) is 3.00. The molecule has 6 nitrogen and oxygen atoms in total. The number of amides is 1. The first kappa shape index (κ1) is 17.5. The summed E-state index contributed by atoms with van der Waals surface area (Å²) in [4.78, 5) is 29.5. The van der Waals surface area contributed by atoms with E-state index in [9.17, 15) is 14.7 Å². The molecule has 2 N–H and O–H groups in total. The second-order valence-corrected chi connectivity index (χ2v) is 6.96. The van der Waals surface area contributed by atoms with E-state index in [0.29, 0.717) is 12.1 Å². The lowest BCUT2D eigenvalue weighted by atomic mass is 9.89. The van der Waals surface area contributed by atoms with Crippen molar-refractivity contribution in [3.63, 3.8) is 0 Å². The first-order chi connectivity index (χ1) is 12.1. The van der Waals surface area contributed by atoms with Gasteiger partial charge in [-0.3, -0.25) is 9.59 Å². The van der Waals surface area contributed by atoms with E-state index in [1.807, 2.05) is 30.3 Å². The van der Waals surface area contributed by atoms with Crippen molar-refractivity contribution in [3.05, 3.63) is 35.9 Å². The maximum Gasteiger partial charge on any atom is 0.308 e. The Kier molecular flexibility index (Phi) is 5.36. The quantitative estimate of drug-likeness (QED) is 0.830. The number of carbonyl (C=O) groups excluding carboxylic acids is 1. The molecule has 1 amide bonds. The first-order valence-corrected chi connectivity index (χ1v) is 8.88. The van der Waals surface area contributed by atoms with Gasteiger partial charge in [0.1, 0.15) is 0 Å². The molecule has 1 aliphatic carbocycles. The molecule has 0 bridgehead atoms. The summed E-state index contributed by atoms with van der Waals surface area (Å²) >= 11 is 0. The molecule has 0 aromatic heterocycles. The van der Waals surface area contributed by atoms with E-state index in [0.717, 1.165) is 31.2 Å². The summed E-state index contributed by atoms with van der Waals surface area (Å²) in [5, 5.41) is 16.3. The molecule has 3 rings (SSSR count). The van der Waals surface area contributed by atoms with Crippen LogP contribution in [0.2, 0.25) is 0 Å². The zero-order valence-electron chi connectivity index (χ0n) is 14.2. The molecular weight excluding hydrogens is 320 g/mol. The Morgan fingerprint density at radius 3 is 2.60 bits per heavy atom. The van der Waals surface area contributed by atoms with Crippen LogP contribution in [-0.4, -0.2) is 34.3 Å². The predicted molar refractivity (Wildman–Crippen MR) is 93.3 cm³/mol. The minimum Gasteiger partial charge on any atom is -0.481 e. The highest BCUT2D eigenvalue weighted by Gasteiger charge is 2.48. The van der Waals surface area contributed by atoms with E-state index >= 15 is 0 Å². The van der Waals surface area contributed by atoms with Crippen LogP contribution >= 0.6 is 0 Å². The fourth-order valence-electron chi connectivity index (χ4n) is 3.58. The molecule has 1 aromatic rings. The van der Waals surface area contributed by atoms with Gasteiger partial charge in [-0.2, -0.15) is 0 Å². The summed E-state index contributed by atoms with van der Waals surface area (Å²) in [5.74, 6) is -1.41. The third kappa shape index (κ3) is 4.38. The van der Waals surface area contributed by atoms with Crippen LogP contribution in [0, 0.1) is 0 Å². The van der Waals surface area contributed by atoms with Crippen LogP contribution in [0.25, 0.3) is 0 Å². The standard InChI is InChI=1S/C19H24N2O4/c22-17(23)13-19(18(24)20-15-9-5-2-6-10-15)12-16(21-25-19)11-14-7-3-1-4-8-14/h1,3-4,7-8,15H,2,5-6,9-13H2,(H,20,24)(H,22,23). The van der Waals surface area contributed by atoms with Gasteiger partial charge < -0.3 is 15.3 Å². The van der Waals surface area contributed by atoms with Gasteiger partial charge in [0.05, 0.1) is 12.1 Å². The highest BCUT2D eigenvalue weighted by Crippen LogP contribution is 2.30. The number of hydrogen-bond donors (Lipinski definition) is 2. The van der Waals surface area contributed by atoms with Gasteiger partial charge in [0.2, 0.25) is 5.60 Å². The van der Waals surface area contributed by atoms with Gasteiger partial charge in [0.15, 0.2) is 0 Å². The van der Waals surface area contributed by atoms with Crippen molar-refractivity contribution in [1.82, 2.24) is 5.32 Å². The van der Waals surface area contributed by atoms with Gasteiger partial charge in [-0.25, -0.2) is 0 Å². The maximum atomic E-state index is 12.8. The molecule has 0 spiro atoms. The predicted octanol–water partition coefficient (Wildman–Crippen LogP) is 2.67. The van der Waals surface area contributed by atoms with Crippen molar-refractivity contribution in [2.75, 3.05) is 0 Å². The van der Waals surface area contributed by atoms with Crippen molar-refractivity contribution >= 4 is 17.6 Å². The second kappa shape index (κ2) is 7.68. The van der Waals surface area contributed by atoms with Crippen molar-refractivity contribution in [1.29, 1.82) is 0 Å². The van der Waals surface area contributed by atoms with Crippen LogP contribution in [0.5, 0.6) is 0 Å². The molecule has 134 valence electrons. The first-order valence-electron chi connectivity index (χ1n) is 8.88. The fourth-order valence-corrected chi connectivity index (χ4v) is 3.58. The normalized spacial score (nSPS) is 23.6.